The smallest absolute Gasteiger partial charge is 0.255 e. The lowest BCUT2D eigenvalue weighted by Gasteiger charge is -2.15. The van der Waals surface area contributed by atoms with Crippen molar-refractivity contribution in [1.29, 1.82) is 10.5 Å². The average molecular weight is 580 g/mol. The third-order valence-electron chi connectivity index (χ3n) is 5.45. The fourth-order valence-electron chi connectivity index (χ4n) is 3.48. The van der Waals surface area contributed by atoms with Crippen molar-refractivity contribution < 1.29 is 9.59 Å². The summed E-state index contributed by atoms with van der Waals surface area (Å²) in [7, 11) is 0. The fraction of sp³-hybridized carbons (Fsp3) is 0. The van der Waals surface area contributed by atoms with Gasteiger partial charge in [0.1, 0.15) is 0 Å². The maximum Gasteiger partial charge on any atom is 0.255 e. The Morgan fingerprint density at radius 1 is 0.553 bits per heavy atom. The summed E-state index contributed by atoms with van der Waals surface area (Å²) >= 11 is 25.9. The number of nitrogens with one attached hydrogen (secondary N) is 2. The molecule has 0 spiro atoms. The van der Waals surface area contributed by atoms with Crippen LogP contribution in [0, 0.1) is 22.7 Å². The first-order valence-corrected chi connectivity index (χ1v) is 12.3. The van der Waals surface area contributed by atoms with E-state index >= 15 is 0 Å². The van der Waals surface area contributed by atoms with E-state index < -0.39 is 11.8 Å². The van der Waals surface area contributed by atoms with Crippen LogP contribution in [0.3, 0.4) is 0 Å². The third kappa shape index (κ3) is 5.92. The van der Waals surface area contributed by atoms with Gasteiger partial charge in [-0.1, -0.05) is 46.4 Å². The summed E-state index contributed by atoms with van der Waals surface area (Å²) in [6.45, 7) is 0. The predicted molar refractivity (Wildman–Crippen MR) is 150 cm³/mol. The molecular formula is C28H14Cl4N4O2. The van der Waals surface area contributed by atoms with E-state index in [-0.39, 0.29) is 31.5 Å². The van der Waals surface area contributed by atoms with Gasteiger partial charge in [0.05, 0.1) is 54.7 Å². The minimum Gasteiger partial charge on any atom is -0.321 e. The molecule has 0 unspecified atom stereocenters. The van der Waals surface area contributed by atoms with E-state index in [2.05, 4.69) is 10.6 Å². The molecule has 2 N–H and O–H groups in total. The molecule has 0 atom stereocenters. The van der Waals surface area contributed by atoms with Gasteiger partial charge in [-0.2, -0.15) is 10.5 Å². The van der Waals surface area contributed by atoms with Crippen molar-refractivity contribution >= 4 is 69.6 Å². The van der Waals surface area contributed by atoms with Crippen molar-refractivity contribution in [1.82, 2.24) is 0 Å². The lowest BCUT2D eigenvalue weighted by atomic mass is 10.0. The van der Waals surface area contributed by atoms with Gasteiger partial charge >= 0.3 is 0 Å². The Labute approximate surface area is 237 Å². The summed E-state index contributed by atoms with van der Waals surface area (Å²) in [6.07, 6.45) is 0. The van der Waals surface area contributed by atoms with E-state index in [1.54, 1.807) is 12.1 Å². The van der Waals surface area contributed by atoms with Crippen molar-refractivity contribution in [2.45, 2.75) is 0 Å². The van der Waals surface area contributed by atoms with Gasteiger partial charge in [0.25, 0.3) is 11.8 Å². The van der Waals surface area contributed by atoms with Gasteiger partial charge in [0.15, 0.2) is 0 Å². The zero-order valence-electron chi connectivity index (χ0n) is 19.2. The van der Waals surface area contributed by atoms with Gasteiger partial charge < -0.3 is 10.6 Å². The molecule has 186 valence electrons. The Bertz CT molecular complexity index is 1530. The van der Waals surface area contributed by atoms with Crippen LogP contribution < -0.4 is 10.6 Å². The van der Waals surface area contributed by atoms with Crippen molar-refractivity contribution in [3.05, 3.63) is 115 Å². The first kappa shape index (κ1) is 27.0. The number of nitrogens with zero attached hydrogens (tertiary/aromatic N) is 2. The summed E-state index contributed by atoms with van der Waals surface area (Å²) in [5.74, 6) is -0.854. The van der Waals surface area contributed by atoms with Crippen LogP contribution in [-0.4, -0.2) is 11.8 Å². The molecule has 6 nitrogen and oxygen atoms in total. The topological polar surface area (TPSA) is 106 Å². The van der Waals surface area contributed by atoms with Crippen molar-refractivity contribution in [2.75, 3.05) is 10.6 Å². The number of halogens is 4. The second kappa shape index (κ2) is 11.6. The van der Waals surface area contributed by atoms with Crippen LogP contribution >= 0.6 is 46.4 Å². The SMILES string of the molecule is N#Cc1ccc(C(=O)Nc2cc(Cl)c(-c3cc(Cl)c(NC(=O)c4ccc(C#N)cc4)cc3Cl)cc2Cl)cc1. The zero-order chi connectivity index (χ0) is 27.4. The van der Waals surface area contributed by atoms with Gasteiger partial charge in [-0.25, -0.2) is 0 Å². The Morgan fingerprint density at radius 2 is 0.895 bits per heavy atom. The average Bonchev–Trinajstić information content (AvgIpc) is 2.92. The Kier molecular flexibility index (Phi) is 8.22. The highest BCUT2D eigenvalue weighted by molar-refractivity contribution is 6.40. The molecule has 4 rings (SSSR count). The summed E-state index contributed by atoms with van der Waals surface area (Å²) in [5, 5.41) is 24.1. The Morgan fingerprint density at radius 3 is 1.21 bits per heavy atom. The predicted octanol–water partition coefficient (Wildman–Crippen LogP) is 8.22. The van der Waals surface area contributed by atoms with E-state index in [0.717, 1.165) is 0 Å². The summed E-state index contributed by atoms with van der Waals surface area (Å²) in [5.41, 5.74) is 3.04. The number of hydrogen-bond acceptors (Lipinski definition) is 4. The van der Waals surface area contributed by atoms with Crippen LogP contribution in [0.2, 0.25) is 20.1 Å². The van der Waals surface area contributed by atoms with Crippen LogP contribution in [-0.2, 0) is 0 Å². The minimum absolute atomic E-state index is 0.205. The van der Waals surface area contributed by atoms with Crippen LogP contribution in [0.5, 0.6) is 0 Å². The molecule has 0 aliphatic rings. The molecule has 38 heavy (non-hydrogen) atoms. The van der Waals surface area contributed by atoms with E-state index in [0.29, 0.717) is 33.4 Å². The summed E-state index contributed by atoms with van der Waals surface area (Å²) < 4.78 is 0. The number of carbonyl (C=O) groups excluding carboxylic acids is 2. The zero-order valence-corrected chi connectivity index (χ0v) is 22.2. The number of benzene rings is 4. The van der Waals surface area contributed by atoms with Crippen LogP contribution in [0.1, 0.15) is 31.8 Å². The van der Waals surface area contributed by atoms with Gasteiger partial charge in [0, 0.05) is 22.3 Å². The molecule has 10 heteroatoms. The van der Waals surface area contributed by atoms with Crippen LogP contribution in [0.25, 0.3) is 11.1 Å². The molecular weight excluding hydrogens is 566 g/mol. The molecule has 0 saturated carbocycles. The number of hydrogen-bond donors (Lipinski definition) is 2. The maximum absolute atomic E-state index is 12.6. The molecule has 0 aliphatic heterocycles. The van der Waals surface area contributed by atoms with Crippen molar-refractivity contribution in [3.63, 3.8) is 0 Å². The molecule has 0 aliphatic carbocycles. The van der Waals surface area contributed by atoms with Crippen LogP contribution in [0.15, 0.2) is 72.8 Å². The fourth-order valence-corrected chi connectivity index (χ4v) is 4.43. The van der Waals surface area contributed by atoms with Gasteiger partial charge in [-0.05, 0) is 72.8 Å². The summed E-state index contributed by atoms with van der Waals surface area (Å²) in [4.78, 5) is 25.2. The molecule has 0 radical (unpaired) electrons. The second-order valence-electron chi connectivity index (χ2n) is 7.91. The molecule has 0 bridgehead atoms. The molecule has 0 saturated heterocycles. The first-order valence-electron chi connectivity index (χ1n) is 10.8. The molecule has 4 aromatic carbocycles. The normalized spacial score (nSPS) is 10.3. The Hall–Kier alpha value is -4.04. The standard InChI is InChI=1S/C28H14Cl4N4O2/c29-21-11-25(35-27(37)17-5-1-15(13-33)2-6-17)23(31)9-19(21)20-10-24(32)26(12-22(20)30)36-28(38)18-7-3-16(14-34)4-8-18/h1-12H,(H,35,37)(H,36,38). The number of amides is 2. The number of anilines is 2. The quantitative estimate of drug-likeness (QED) is 0.248. The number of nitriles is 2. The monoisotopic (exact) mass is 578 g/mol. The molecule has 0 aromatic heterocycles. The van der Waals surface area contributed by atoms with E-state index in [1.165, 1.54) is 60.7 Å². The first-order chi connectivity index (χ1) is 18.2. The van der Waals surface area contributed by atoms with E-state index in [9.17, 15) is 9.59 Å². The highest BCUT2D eigenvalue weighted by Crippen LogP contribution is 2.41. The maximum atomic E-state index is 12.6. The highest BCUT2D eigenvalue weighted by Gasteiger charge is 2.17. The minimum atomic E-state index is -0.427. The van der Waals surface area contributed by atoms with E-state index in [1.807, 2.05) is 12.1 Å². The molecule has 4 aromatic rings. The molecule has 0 fully saturated rings. The largest absolute Gasteiger partial charge is 0.321 e. The van der Waals surface area contributed by atoms with Crippen molar-refractivity contribution in [2.24, 2.45) is 0 Å². The van der Waals surface area contributed by atoms with E-state index in [4.69, 9.17) is 56.9 Å². The van der Waals surface area contributed by atoms with Crippen molar-refractivity contribution in [3.8, 4) is 23.3 Å². The number of rotatable bonds is 5. The lowest BCUT2D eigenvalue weighted by molar-refractivity contribution is 0.101. The highest BCUT2D eigenvalue weighted by atomic mass is 35.5. The number of carbonyl (C=O) groups is 2. The molecule has 2 amide bonds. The second-order valence-corrected chi connectivity index (χ2v) is 9.54. The van der Waals surface area contributed by atoms with Crippen LogP contribution in [0.4, 0.5) is 11.4 Å². The lowest BCUT2D eigenvalue weighted by Crippen LogP contribution is -2.12. The third-order valence-corrected chi connectivity index (χ3v) is 6.70. The molecule has 0 heterocycles. The summed E-state index contributed by atoms with van der Waals surface area (Å²) in [6, 6.07) is 22.3. The Balaban J connectivity index is 1.57. The van der Waals surface area contributed by atoms with Gasteiger partial charge in [-0.3, -0.25) is 9.59 Å². The van der Waals surface area contributed by atoms with Gasteiger partial charge in [0.2, 0.25) is 0 Å². The van der Waals surface area contributed by atoms with Gasteiger partial charge in [-0.15, -0.1) is 0 Å².